The Bertz CT molecular complexity index is 1040. The van der Waals surface area contributed by atoms with Crippen LogP contribution < -0.4 is 9.64 Å². The third kappa shape index (κ3) is 4.46. The van der Waals surface area contributed by atoms with Crippen molar-refractivity contribution in [1.82, 2.24) is 24.8 Å². The smallest absolute Gasteiger partial charge is 0.274 e. The first-order valence-corrected chi connectivity index (χ1v) is 9.92. The van der Waals surface area contributed by atoms with E-state index in [1.54, 1.807) is 24.4 Å². The molecule has 1 amide bonds. The maximum atomic E-state index is 12.9. The zero-order valence-electron chi connectivity index (χ0n) is 17.7. The van der Waals surface area contributed by atoms with E-state index in [1.807, 2.05) is 43.3 Å². The minimum Gasteiger partial charge on any atom is -0.497 e. The summed E-state index contributed by atoms with van der Waals surface area (Å²) in [6, 6.07) is 7.71. The summed E-state index contributed by atoms with van der Waals surface area (Å²) >= 11 is 0. The summed E-state index contributed by atoms with van der Waals surface area (Å²) in [7, 11) is 5.41. The molecule has 2 aromatic heterocycles. The molecule has 0 bridgehead atoms. The molecule has 4 rings (SSSR count). The summed E-state index contributed by atoms with van der Waals surface area (Å²) in [5.74, 6) is 1.17. The molecule has 1 atom stereocenters. The Balaban J connectivity index is 1.67. The molecule has 0 radical (unpaired) electrons. The van der Waals surface area contributed by atoms with Crippen molar-refractivity contribution >= 4 is 11.9 Å². The number of carbonyl (C=O) groups is 1. The Morgan fingerprint density at radius 2 is 1.97 bits per heavy atom. The number of nitrogens with zero attached hydrogens (tertiary/aromatic N) is 6. The fourth-order valence-corrected chi connectivity index (χ4v) is 3.41. The summed E-state index contributed by atoms with van der Waals surface area (Å²) in [5, 5.41) is 0. The van der Waals surface area contributed by atoms with E-state index in [-0.39, 0.29) is 5.91 Å². The molecule has 160 valence electrons. The van der Waals surface area contributed by atoms with Gasteiger partial charge in [0.25, 0.3) is 5.91 Å². The van der Waals surface area contributed by atoms with Crippen molar-refractivity contribution in [3.63, 3.8) is 0 Å². The molecule has 1 saturated heterocycles. The van der Waals surface area contributed by atoms with E-state index in [9.17, 15) is 4.79 Å². The molecule has 3 heterocycles. The van der Waals surface area contributed by atoms with Crippen LogP contribution in [0.5, 0.6) is 5.75 Å². The number of carbonyl (C=O) groups excluding carboxylic acids is 1. The Hall–Kier alpha value is -3.59. The Labute approximate surface area is 180 Å². The van der Waals surface area contributed by atoms with Crippen LogP contribution in [0.15, 0.2) is 49.1 Å². The molecule has 1 fully saturated rings. The van der Waals surface area contributed by atoms with Gasteiger partial charge in [-0.05, 0) is 17.7 Å². The molecule has 0 spiro atoms. The number of methoxy groups -OCH3 is 1. The van der Waals surface area contributed by atoms with E-state index >= 15 is 0 Å². The van der Waals surface area contributed by atoms with Crippen LogP contribution in [0.4, 0.5) is 5.95 Å². The predicted octanol–water partition coefficient (Wildman–Crippen LogP) is 2.22. The van der Waals surface area contributed by atoms with Gasteiger partial charge in [-0.3, -0.25) is 9.78 Å². The Morgan fingerprint density at radius 3 is 2.65 bits per heavy atom. The van der Waals surface area contributed by atoms with Crippen molar-refractivity contribution in [3.05, 3.63) is 60.4 Å². The number of aromatic nitrogens is 4. The summed E-state index contributed by atoms with van der Waals surface area (Å²) in [6.45, 7) is 1.25. The van der Waals surface area contributed by atoms with Crippen LogP contribution in [0.2, 0.25) is 0 Å². The van der Waals surface area contributed by atoms with E-state index in [2.05, 4.69) is 15.0 Å². The number of rotatable bonds is 5. The highest BCUT2D eigenvalue weighted by Gasteiger charge is 2.30. The van der Waals surface area contributed by atoms with Gasteiger partial charge in [-0.15, -0.1) is 0 Å². The predicted molar refractivity (Wildman–Crippen MR) is 115 cm³/mol. The monoisotopic (exact) mass is 420 g/mol. The molecule has 1 aliphatic rings. The summed E-state index contributed by atoms with van der Waals surface area (Å²) in [4.78, 5) is 33.8. The van der Waals surface area contributed by atoms with E-state index in [0.29, 0.717) is 31.3 Å². The topological polar surface area (TPSA) is 93.6 Å². The Kier molecular flexibility index (Phi) is 6.03. The highest BCUT2D eigenvalue weighted by molar-refractivity contribution is 5.92. The molecule has 3 aromatic rings. The first kappa shape index (κ1) is 20.7. The zero-order valence-corrected chi connectivity index (χ0v) is 17.7. The molecular formula is C22H24N6O3. The second-order valence-electron chi connectivity index (χ2n) is 7.29. The third-order valence-electron chi connectivity index (χ3n) is 5.05. The maximum absolute atomic E-state index is 12.9. The van der Waals surface area contributed by atoms with E-state index in [1.165, 1.54) is 12.4 Å². The molecule has 1 aromatic carbocycles. The average Bonchev–Trinajstić information content (AvgIpc) is 2.84. The number of benzene rings is 1. The highest BCUT2D eigenvalue weighted by atomic mass is 16.5. The molecule has 0 aliphatic carbocycles. The van der Waals surface area contributed by atoms with E-state index in [4.69, 9.17) is 14.5 Å². The standard InChI is InChI=1S/C22H24N6O3/c1-27(2)22-25-12-17(15-4-6-16(30-3)7-5-15)20(26-22)19-14-28(10-11-31-19)21(29)18-13-23-8-9-24-18/h4-9,12-13,19H,10-11,14H2,1-3H3/t19-/m0/s1. The van der Waals surface area contributed by atoms with Crippen LogP contribution in [0.25, 0.3) is 11.1 Å². The van der Waals surface area contributed by atoms with Gasteiger partial charge in [-0.1, -0.05) is 12.1 Å². The fraction of sp³-hybridized carbons (Fsp3) is 0.318. The van der Waals surface area contributed by atoms with Gasteiger partial charge < -0.3 is 19.3 Å². The second-order valence-corrected chi connectivity index (χ2v) is 7.29. The number of hydrogen-bond donors (Lipinski definition) is 0. The van der Waals surface area contributed by atoms with Gasteiger partial charge in [0.15, 0.2) is 0 Å². The summed E-state index contributed by atoms with van der Waals surface area (Å²) in [6.07, 6.45) is 5.94. The average molecular weight is 420 g/mol. The lowest BCUT2D eigenvalue weighted by atomic mass is 10.0. The lowest BCUT2D eigenvalue weighted by molar-refractivity contribution is -0.0246. The quantitative estimate of drug-likeness (QED) is 0.620. The van der Waals surface area contributed by atoms with Crippen molar-refractivity contribution in [2.24, 2.45) is 0 Å². The second kappa shape index (κ2) is 9.05. The van der Waals surface area contributed by atoms with Crippen LogP contribution in [0.3, 0.4) is 0 Å². The van der Waals surface area contributed by atoms with Gasteiger partial charge >= 0.3 is 0 Å². The summed E-state index contributed by atoms with van der Waals surface area (Å²) < 4.78 is 11.3. The van der Waals surface area contributed by atoms with E-state index < -0.39 is 6.10 Å². The first-order valence-electron chi connectivity index (χ1n) is 9.92. The van der Waals surface area contributed by atoms with Crippen LogP contribution in [-0.2, 0) is 4.74 Å². The van der Waals surface area contributed by atoms with Crippen LogP contribution in [0, 0.1) is 0 Å². The largest absolute Gasteiger partial charge is 0.497 e. The molecule has 31 heavy (non-hydrogen) atoms. The number of amides is 1. The van der Waals surface area contributed by atoms with Gasteiger partial charge in [-0.25, -0.2) is 15.0 Å². The summed E-state index contributed by atoms with van der Waals surface area (Å²) in [5.41, 5.74) is 2.85. The van der Waals surface area contributed by atoms with Gasteiger partial charge in [0.2, 0.25) is 5.95 Å². The molecule has 0 saturated carbocycles. The molecular weight excluding hydrogens is 396 g/mol. The van der Waals surface area contributed by atoms with Crippen molar-refractivity contribution in [3.8, 4) is 16.9 Å². The highest BCUT2D eigenvalue weighted by Crippen LogP contribution is 2.32. The van der Waals surface area contributed by atoms with Gasteiger partial charge in [0.1, 0.15) is 17.5 Å². The van der Waals surface area contributed by atoms with Gasteiger partial charge in [0, 0.05) is 44.8 Å². The number of ether oxygens (including phenoxy) is 2. The zero-order chi connectivity index (χ0) is 21.8. The van der Waals surface area contributed by atoms with Gasteiger partial charge in [0.05, 0.1) is 32.2 Å². The Morgan fingerprint density at radius 1 is 1.16 bits per heavy atom. The number of morpholine rings is 1. The van der Waals surface area contributed by atoms with Crippen molar-refractivity contribution in [2.75, 3.05) is 45.8 Å². The normalized spacial score (nSPS) is 16.1. The first-order chi connectivity index (χ1) is 15.1. The lowest BCUT2D eigenvalue weighted by Crippen LogP contribution is -2.43. The van der Waals surface area contributed by atoms with Crippen molar-refractivity contribution in [1.29, 1.82) is 0 Å². The van der Waals surface area contributed by atoms with Crippen LogP contribution >= 0.6 is 0 Å². The molecule has 0 N–H and O–H groups in total. The third-order valence-corrected chi connectivity index (χ3v) is 5.05. The van der Waals surface area contributed by atoms with Crippen LogP contribution in [-0.4, -0.2) is 71.6 Å². The SMILES string of the molecule is COc1ccc(-c2cnc(N(C)C)nc2[C@@H]2CN(C(=O)c3cnccn3)CCO2)cc1. The van der Waals surface area contributed by atoms with Crippen molar-refractivity contribution in [2.45, 2.75) is 6.10 Å². The lowest BCUT2D eigenvalue weighted by Gasteiger charge is -2.33. The molecule has 9 nitrogen and oxygen atoms in total. The number of hydrogen-bond acceptors (Lipinski definition) is 8. The van der Waals surface area contributed by atoms with Crippen molar-refractivity contribution < 1.29 is 14.3 Å². The fourth-order valence-electron chi connectivity index (χ4n) is 3.41. The van der Waals surface area contributed by atoms with E-state index in [0.717, 1.165) is 22.6 Å². The van der Waals surface area contributed by atoms with Gasteiger partial charge in [-0.2, -0.15) is 0 Å². The minimum atomic E-state index is -0.395. The number of anilines is 1. The van der Waals surface area contributed by atoms with Crippen LogP contribution in [0.1, 0.15) is 22.3 Å². The molecule has 1 aliphatic heterocycles. The molecule has 9 heteroatoms. The molecule has 0 unspecified atom stereocenters. The maximum Gasteiger partial charge on any atom is 0.274 e. The minimum absolute atomic E-state index is 0.172.